The normalized spacial score (nSPS) is 11.3. The Hall–Kier alpha value is -1.47. The lowest BCUT2D eigenvalue weighted by Gasteiger charge is -2.12. The first-order valence-corrected chi connectivity index (χ1v) is 6.81. The minimum atomic E-state index is -4.49. The van der Waals surface area contributed by atoms with E-state index in [0.29, 0.717) is 15.9 Å². The highest BCUT2D eigenvalue weighted by Crippen LogP contribution is 2.33. The number of aromatic nitrogens is 1. The molecule has 1 aromatic carbocycles. The lowest BCUT2D eigenvalue weighted by atomic mass is 10.2. The van der Waals surface area contributed by atoms with Crippen LogP contribution in [0.15, 0.2) is 34.8 Å². The Morgan fingerprint density at radius 1 is 1.19 bits per heavy atom. The van der Waals surface area contributed by atoms with E-state index >= 15 is 0 Å². The summed E-state index contributed by atoms with van der Waals surface area (Å²) in [6, 6.07) is 6.68. The Bertz CT molecular complexity index is 664. The van der Waals surface area contributed by atoms with Crippen LogP contribution in [0.25, 0.3) is 0 Å². The maximum atomic E-state index is 12.7. The molecule has 8 heteroatoms. The summed E-state index contributed by atoms with van der Waals surface area (Å²) in [5.74, 6) is 0.542. The van der Waals surface area contributed by atoms with Gasteiger partial charge in [0.25, 0.3) is 0 Å². The molecule has 112 valence electrons. The van der Waals surface area contributed by atoms with Gasteiger partial charge in [0.1, 0.15) is 16.7 Å². The summed E-state index contributed by atoms with van der Waals surface area (Å²) in [6.45, 7) is 0. The molecule has 0 atom stereocenters. The zero-order chi connectivity index (χ0) is 15.6. The summed E-state index contributed by atoms with van der Waals surface area (Å²) in [4.78, 5) is 3.83. The quantitative estimate of drug-likeness (QED) is 0.736. The number of benzene rings is 1. The minimum absolute atomic E-state index is 0.00465. The zero-order valence-corrected chi connectivity index (χ0v) is 13.0. The van der Waals surface area contributed by atoms with Crippen molar-refractivity contribution in [3.05, 3.63) is 45.5 Å². The third-order valence-electron chi connectivity index (χ3n) is 2.50. The number of halogens is 5. The van der Waals surface area contributed by atoms with Crippen LogP contribution in [-0.4, -0.2) is 12.1 Å². The highest BCUT2D eigenvalue weighted by atomic mass is 79.9. The van der Waals surface area contributed by atoms with Gasteiger partial charge in [-0.2, -0.15) is 13.2 Å². The molecule has 0 amide bonds. The van der Waals surface area contributed by atoms with Crippen LogP contribution < -0.4 is 10.1 Å². The van der Waals surface area contributed by atoms with Crippen molar-refractivity contribution in [2.45, 2.75) is 6.18 Å². The van der Waals surface area contributed by atoms with E-state index in [2.05, 4.69) is 26.2 Å². The lowest BCUT2D eigenvalue weighted by molar-refractivity contribution is -0.137. The Labute approximate surface area is 132 Å². The van der Waals surface area contributed by atoms with Gasteiger partial charge in [0.2, 0.25) is 0 Å². The molecule has 0 aliphatic carbocycles. The summed E-state index contributed by atoms with van der Waals surface area (Å²) in [5, 5.41) is 2.53. The van der Waals surface area contributed by atoms with Gasteiger partial charge in [-0.1, -0.05) is 27.5 Å². The van der Waals surface area contributed by atoms with E-state index in [0.717, 1.165) is 12.1 Å². The van der Waals surface area contributed by atoms with Gasteiger partial charge >= 0.3 is 6.18 Å². The molecule has 1 N–H and O–H groups in total. The smallest absolute Gasteiger partial charge is 0.416 e. The standard InChI is InChI=1S/C13H9BrClF3N2O/c1-21-10-5-8(14)4-9(6-10)19-12-3-7(13(16,17)18)2-11(15)20-12/h2-6H,1H3,(H,19,20). The molecule has 0 unspecified atom stereocenters. The van der Waals surface area contributed by atoms with Gasteiger partial charge in [-0.3, -0.25) is 0 Å². The van der Waals surface area contributed by atoms with Crippen LogP contribution >= 0.6 is 27.5 Å². The van der Waals surface area contributed by atoms with E-state index < -0.39 is 11.7 Å². The average molecular weight is 382 g/mol. The van der Waals surface area contributed by atoms with E-state index in [1.807, 2.05) is 0 Å². The van der Waals surface area contributed by atoms with Crippen molar-refractivity contribution in [3.8, 4) is 5.75 Å². The highest BCUT2D eigenvalue weighted by Gasteiger charge is 2.31. The molecule has 0 bridgehead atoms. The van der Waals surface area contributed by atoms with Crippen LogP contribution in [0.5, 0.6) is 5.75 Å². The first-order chi connectivity index (χ1) is 9.77. The zero-order valence-electron chi connectivity index (χ0n) is 10.6. The molecule has 0 aliphatic rings. The molecule has 0 spiro atoms. The molecule has 0 fully saturated rings. The lowest BCUT2D eigenvalue weighted by Crippen LogP contribution is -2.06. The second-order valence-corrected chi connectivity index (χ2v) is 5.37. The molecule has 3 nitrogen and oxygen atoms in total. The summed E-state index contributed by atoms with van der Waals surface area (Å²) in [6.07, 6.45) is -4.49. The SMILES string of the molecule is COc1cc(Br)cc(Nc2cc(C(F)(F)F)cc(Cl)n2)c1. The first kappa shape index (κ1) is 15.9. The number of hydrogen-bond acceptors (Lipinski definition) is 3. The van der Waals surface area contributed by atoms with Gasteiger partial charge in [-0.25, -0.2) is 4.98 Å². The number of pyridine rings is 1. The number of nitrogens with one attached hydrogen (secondary N) is 1. The molecular weight excluding hydrogens is 373 g/mol. The molecule has 2 aromatic rings. The van der Waals surface area contributed by atoms with Crippen molar-refractivity contribution in [2.75, 3.05) is 12.4 Å². The minimum Gasteiger partial charge on any atom is -0.497 e. The molecule has 0 saturated carbocycles. The number of methoxy groups -OCH3 is 1. The van der Waals surface area contributed by atoms with E-state index in [1.54, 1.807) is 18.2 Å². The third kappa shape index (κ3) is 4.25. The maximum Gasteiger partial charge on any atom is 0.416 e. The third-order valence-corrected chi connectivity index (χ3v) is 3.15. The molecule has 21 heavy (non-hydrogen) atoms. The van der Waals surface area contributed by atoms with Crippen molar-refractivity contribution in [1.82, 2.24) is 4.98 Å². The highest BCUT2D eigenvalue weighted by molar-refractivity contribution is 9.10. The molecule has 2 rings (SSSR count). The van der Waals surface area contributed by atoms with E-state index in [-0.39, 0.29) is 11.0 Å². The number of anilines is 2. The van der Waals surface area contributed by atoms with E-state index in [1.165, 1.54) is 7.11 Å². The number of hydrogen-bond donors (Lipinski definition) is 1. The van der Waals surface area contributed by atoms with Crippen LogP contribution in [0.1, 0.15) is 5.56 Å². The van der Waals surface area contributed by atoms with Gasteiger partial charge in [0.15, 0.2) is 0 Å². The maximum absolute atomic E-state index is 12.7. The van der Waals surface area contributed by atoms with Gasteiger partial charge in [0, 0.05) is 16.2 Å². The van der Waals surface area contributed by atoms with Crippen LogP contribution in [0.2, 0.25) is 5.15 Å². The Kier molecular flexibility index (Phi) is 4.63. The number of nitrogens with zero attached hydrogens (tertiary/aromatic N) is 1. The second kappa shape index (κ2) is 6.11. The van der Waals surface area contributed by atoms with Crippen molar-refractivity contribution in [3.63, 3.8) is 0 Å². The van der Waals surface area contributed by atoms with Crippen molar-refractivity contribution in [1.29, 1.82) is 0 Å². The van der Waals surface area contributed by atoms with Gasteiger partial charge < -0.3 is 10.1 Å². The first-order valence-electron chi connectivity index (χ1n) is 5.64. The van der Waals surface area contributed by atoms with Gasteiger partial charge in [0.05, 0.1) is 12.7 Å². The summed E-state index contributed by atoms with van der Waals surface area (Å²) in [7, 11) is 1.49. The van der Waals surface area contributed by atoms with Gasteiger partial charge in [-0.05, 0) is 24.3 Å². The number of rotatable bonds is 3. The predicted octanol–water partition coefficient (Wildman–Crippen LogP) is 5.27. The molecule has 1 aromatic heterocycles. The Morgan fingerprint density at radius 3 is 2.52 bits per heavy atom. The van der Waals surface area contributed by atoms with Crippen molar-refractivity contribution < 1.29 is 17.9 Å². The van der Waals surface area contributed by atoms with Crippen molar-refractivity contribution in [2.24, 2.45) is 0 Å². The van der Waals surface area contributed by atoms with E-state index in [9.17, 15) is 13.2 Å². The monoisotopic (exact) mass is 380 g/mol. The second-order valence-electron chi connectivity index (χ2n) is 4.07. The number of ether oxygens (including phenoxy) is 1. The molecular formula is C13H9BrClF3N2O. The summed E-state index contributed by atoms with van der Waals surface area (Å²) in [5.41, 5.74) is -0.351. The molecule has 0 aliphatic heterocycles. The Balaban J connectivity index is 2.35. The molecule has 1 heterocycles. The van der Waals surface area contributed by atoms with Crippen LogP contribution in [0.3, 0.4) is 0 Å². The van der Waals surface area contributed by atoms with E-state index in [4.69, 9.17) is 16.3 Å². The fourth-order valence-corrected chi connectivity index (χ4v) is 2.31. The molecule has 0 saturated heterocycles. The summed E-state index contributed by atoms with van der Waals surface area (Å²) < 4.78 is 44.0. The topological polar surface area (TPSA) is 34.1 Å². The van der Waals surface area contributed by atoms with Crippen LogP contribution in [-0.2, 0) is 6.18 Å². The molecule has 0 radical (unpaired) electrons. The van der Waals surface area contributed by atoms with Crippen LogP contribution in [0, 0.1) is 0 Å². The van der Waals surface area contributed by atoms with Crippen molar-refractivity contribution >= 4 is 39.0 Å². The largest absolute Gasteiger partial charge is 0.497 e. The van der Waals surface area contributed by atoms with Crippen LogP contribution in [0.4, 0.5) is 24.7 Å². The fourth-order valence-electron chi connectivity index (χ4n) is 1.63. The van der Waals surface area contributed by atoms with Gasteiger partial charge in [-0.15, -0.1) is 0 Å². The summed E-state index contributed by atoms with van der Waals surface area (Å²) >= 11 is 8.91. The average Bonchev–Trinajstić information content (AvgIpc) is 2.36. The predicted molar refractivity (Wildman–Crippen MR) is 78.2 cm³/mol. The Morgan fingerprint density at radius 2 is 1.90 bits per heavy atom. The number of alkyl halides is 3. The fraction of sp³-hybridized carbons (Fsp3) is 0.154.